The highest BCUT2D eigenvalue weighted by molar-refractivity contribution is 6.21. The Morgan fingerprint density at radius 2 is 1.73 bits per heavy atom. The van der Waals surface area contributed by atoms with Gasteiger partial charge >= 0.3 is 0 Å². The number of H-pyrrole nitrogens is 1. The summed E-state index contributed by atoms with van der Waals surface area (Å²) in [4.78, 5) is 39.6. The standard InChI is InChI=1S/C25H25FN4O3/c1-29(23(31)17-9-12-20-21(14-17)25(33)30(2)24(20)32)13-5-3-4-6-19-15-22(28-27-19)16-7-10-18(26)11-8-16/h7-12,14-15H,3-6,13H2,1-2H3,(H,27,28). The minimum atomic E-state index is -0.381. The van der Waals surface area contributed by atoms with Gasteiger partial charge in [0.05, 0.1) is 16.8 Å². The van der Waals surface area contributed by atoms with Gasteiger partial charge in [-0.05, 0) is 67.8 Å². The number of benzene rings is 2. The van der Waals surface area contributed by atoms with Crippen LogP contribution in [0.5, 0.6) is 0 Å². The van der Waals surface area contributed by atoms with Crippen molar-refractivity contribution in [2.45, 2.75) is 25.7 Å². The Morgan fingerprint density at radius 1 is 1.00 bits per heavy atom. The number of aryl methyl sites for hydroxylation is 1. The number of carbonyl (C=O) groups is 3. The van der Waals surface area contributed by atoms with E-state index >= 15 is 0 Å². The van der Waals surface area contributed by atoms with Crippen LogP contribution in [0.2, 0.25) is 0 Å². The number of aromatic nitrogens is 2. The lowest BCUT2D eigenvalue weighted by atomic mass is 10.0. The highest BCUT2D eigenvalue weighted by Gasteiger charge is 2.33. The highest BCUT2D eigenvalue weighted by atomic mass is 19.1. The van der Waals surface area contributed by atoms with Crippen molar-refractivity contribution < 1.29 is 18.8 Å². The number of nitrogens with zero attached hydrogens (tertiary/aromatic N) is 3. The molecule has 0 saturated carbocycles. The zero-order valence-electron chi connectivity index (χ0n) is 18.6. The van der Waals surface area contributed by atoms with E-state index in [0.717, 1.165) is 47.5 Å². The average molecular weight is 448 g/mol. The van der Waals surface area contributed by atoms with Crippen LogP contribution in [0.15, 0.2) is 48.5 Å². The van der Waals surface area contributed by atoms with E-state index in [1.54, 1.807) is 36.2 Å². The van der Waals surface area contributed by atoms with Crippen molar-refractivity contribution >= 4 is 17.7 Å². The van der Waals surface area contributed by atoms with Crippen LogP contribution < -0.4 is 0 Å². The normalized spacial score (nSPS) is 12.9. The molecule has 7 nitrogen and oxygen atoms in total. The van der Waals surface area contributed by atoms with Gasteiger partial charge in [-0.3, -0.25) is 24.4 Å². The largest absolute Gasteiger partial charge is 0.342 e. The number of hydrogen-bond acceptors (Lipinski definition) is 4. The number of fused-ring (bicyclic) bond motifs is 1. The number of amides is 3. The van der Waals surface area contributed by atoms with E-state index in [9.17, 15) is 18.8 Å². The summed E-state index contributed by atoms with van der Waals surface area (Å²) < 4.78 is 13.1. The topological polar surface area (TPSA) is 86.4 Å². The molecule has 0 aliphatic carbocycles. The van der Waals surface area contributed by atoms with E-state index in [4.69, 9.17) is 0 Å². The molecule has 33 heavy (non-hydrogen) atoms. The quantitative estimate of drug-likeness (QED) is 0.418. The van der Waals surface area contributed by atoms with Gasteiger partial charge in [0.15, 0.2) is 0 Å². The molecular formula is C25H25FN4O3. The molecular weight excluding hydrogens is 423 g/mol. The summed E-state index contributed by atoms with van der Waals surface area (Å²) in [5.41, 5.74) is 3.68. The van der Waals surface area contributed by atoms with Crippen LogP contribution in [0.3, 0.4) is 0 Å². The molecule has 0 saturated heterocycles. The third-order valence-electron chi connectivity index (χ3n) is 5.89. The Hall–Kier alpha value is -3.81. The molecule has 8 heteroatoms. The highest BCUT2D eigenvalue weighted by Crippen LogP contribution is 2.23. The van der Waals surface area contributed by atoms with Crippen LogP contribution in [-0.4, -0.2) is 58.4 Å². The molecule has 4 rings (SSSR count). The van der Waals surface area contributed by atoms with Crippen molar-refractivity contribution in [2.75, 3.05) is 20.6 Å². The molecule has 1 N–H and O–H groups in total. The van der Waals surface area contributed by atoms with Crippen molar-refractivity contribution in [3.05, 3.63) is 76.7 Å². The van der Waals surface area contributed by atoms with E-state index in [-0.39, 0.29) is 29.1 Å². The van der Waals surface area contributed by atoms with Crippen molar-refractivity contribution in [1.82, 2.24) is 20.0 Å². The van der Waals surface area contributed by atoms with Crippen molar-refractivity contribution in [1.29, 1.82) is 0 Å². The first-order valence-corrected chi connectivity index (χ1v) is 10.9. The molecule has 0 unspecified atom stereocenters. The molecule has 0 bridgehead atoms. The number of imide groups is 1. The molecule has 0 fully saturated rings. The molecule has 2 heterocycles. The van der Waals surface area contributed by atoms with Crippen LogP contribution >= 0.6 is 0 Å². The number of aromatic amines is 1. The van der Waals surface area contributed by atoms with Gasteiger partial charge in [-0.15, -0.1) is 0 Å². The van der Waals surface area contributed by atoms with Crippen LogP contribution in [0, 0.1) is 5.82 Å². The number of nitrogens with one attached hydrogen (secondary N) is 1. The zero-order chi connectivity index (χ0) is 23.5. The maximum Gasteiger partial charge on any atom is 0.261 e. The Kier molecular flexibility index (Phi) is 6.35. The first-order valence-electron chi connectivity index (χ1n) is 10.9. The predicted molar refractivity (Wildman–Crippen MR) is 121 cm³/mol. The molecule has 1 aliphatic rings. The van der Waals surface area contributed by atoms with Crippen LogP contribution in [0.4, 0.5) is 4.39 Å². The molecule has 1 aliphatic heterocycles. The molecule has 3 amide bonds. The molecule has 170 valence electrons. The summed E-state index contributed by atoms with van der Waals surface area (Å²) in [6.45, 7) is 0.590. The summed E-state index contributed by atoms with van der Waals surface area (Å²) in [5.74, 6) is -1.17. The second-order valence-electron chi connectivity index (χ2n) is 8.25. The van der Waals surface area contributed by atoms with Crippen LogP contribution in [-0.2, 0) is 6.42 Å². The number of rotatable bonds is 8. The fraction of sp³-hybridized carbons (Fsp3) is 0.280. The maximum atomic E-state index is 13.1. The lowest BCUT2D eigenvalue weighted by Crippen LogP contribution is -2.28. The van der Waals surface area contributed by atoms with Gasteiger partial charge < -0.3 is 4.90 Å². The van der Waals surface area contributed by atoms with Gasteiger partial charge in [0.25, 0.3) is 17.7 Å². The summed E-state index contributed by atoms with van der Waals surface area (Å²) in [6, 6.07) is 12.9. The summed E-state index contributed by atoms with van der Waals surface area (Å²) in [6.07, 6.45) is 3.55. The zero-order valence-corrected chi connectivity index (χ0v) is 18.6. The molecule has 0 atom stereocenters. The van der Waals surface area contributed by atoms with Crippen molar-refractivity contribution in [2.24, 2.45) is 0 Å². The monoisotopic (exact) mass is 448 g/mol. The van der Waals surface area contributed by atoms with E-state index in [1.165, 1.54) is 25.2 Å². The van der Waals surface area contributed by atoms with Crippen LogP contribution in [0.25, 0.3) is 11.3 Å². The average Bonchev–Trinajstić information content (AvgIpc) is 3.38. The van der Waals surface area contributed by atoms with Crippen molar-refractivity contribution in [3.63, 3.8) is 0 Å². The third kappa shape index (κ3) is 4.69. The van der Waals surface area contributed by atoms with Gasteiger partial charge in [0.1, 0.15) is 5.82 Å². The molecule has 3 aromatic rings. The Bertz CT molecular complexity index is 1200. The second-order valence-corrected chi connectivity index (χ2v) is 8.25. The SMILES string of the molecule is CN(CCCCCc1cc(-c2ccc(F)cc2)n[nH]1)C(=O)c1ccc2c(c1)C(=O)N(C)C2=O. The van der Waals surface area contributed by atoms with Crippen molar-refractivity contribution in [3.8, 4) is 11.3 Å². The Morgan fingerprint density at radius 3 is 2.48 bits per heavy atom. The number of hydrogen-bond donors (Lipinski definition) is 1. The van der Waals surface area contributed by atoms with Gasteiger partial charge in [0, 0.05) is 37.5 Å². The third-order valence-corrected chi connectivity index (χ3v) is 5.89. The summed E-state index contributed by atoms with van der Waals surface area (Å²) in [7, 11) is 3.17. The Labute approximate surface area is 191 Å². The van der Waals surface area contributed by atoms with E-state index in [2.05, 4.69) is 10.2 Å². The predicted octanol–water partition coefficient (Wildman–Crippen LogP) is 3.93. The van der Waals surface area contributed by atoms with Gasteiger partial charge in [-0.1, -0.05) is 6.42 Å². The first-order chi connectivity index (χ1) is 15.8. The maximum absolute atomic E-state index is 13.1. The molecule has 1 aromatic heterocycles. The van der Waals surface area contributed by atoms with E-state index in [0.29, 0.717) is 17.7 Å². The Balaban J connectivity index is 1.24. The summed E-state index contributed by atoms with van der Waals surface area (Å²) >= 11 is 0. The smallest absolute Gasteiger partial charge is 0.261 e. The fourth-order valence-electron chi connectivity index (χ4n) is 3.92. The second kappa shape index (κ2) is 9.36. The molecule has 0 radical (unpaired) electrons. The summed E-state index contributed by atoms with van der Waals surface area (Å²) in [5, 5.41) is 7.32. The lowest BCUT2D eigenvalue weighted by molar-refractivity contribution is 0.0692. The lowest BCUT2D eigenvalue weighted by Gasteiger charge is -2.17. The van der Waals surface area contributed by atoms with E-state index in [1.807, 2.05) is 6.07 Å². The van der Waals surface area contributed by atoms with Gasteiger partial charge in [-0.25, -0.2) is 4.39 Å². The minimum Gasteiger partial charge on any atom is -0.342 e. The molecule has 0 spiro atoms. The number of halogens is 1. The van der Waals surface area contributed by atoms with Gasteiger partial charge in [-0.2, -0.15) is 5.10 Å². The number of carbonyl (C=O) groups excluding carboxylic acids is 3. The molecule has 2 aromatic carbocycles. The fourth-order valence-corrected chi connectivity index (χ4v) is 3.92. The number of unbranched alkanes of at least 4 members (excludes halogenated alkanes) is 2. The van der Waals surface area contributed by atoms with Crippen LogP contribution in [0.1, 0.15) is 56.0 Å². The van der Waals surface area contributed by atoms with E-state index < -0.39 is 0 Å². The first kappa shape index (κ1) is 22.4. The minimum absolute atomic E-state index is 0.176. The van der Waals surface area contributed by atoms with Gasteiger partial charge in [0.2, 0.25) is 0 Å².